The first-order chi connectivity index (χ1) is 21.7. The zero-order valence-corrected chi connectivity index (χ0v) is 25.7. The van der Waals surface area contributed by atoms with Gasteiger partial charge in [-0.15, -0.1) is 0 Å². The Balaban J connectivity index is 1.20. The second kappa shape index (κ2) is 12.5. The molecule has 0 spiro atoms. The highest BCUT2D eigenvalue weighted by molar-refractivity contribution is 6.07. The van der Waals surface area contributed by atoms with Gasteiger partial charge in [0.25, 0.3) is 5.91 Å². The lowest BCUT2D eigenvalue weighted by atomic mass is 9.82. The number of fused-ring (bicyclic) bond motifs is 2. The summed E-state index contributed by atoms with van der Waals surface area (Å²) in [5, 5.41) is 22.1. The zero-order chi connectivity index (χ0) is 31.7. The third kappa shape index (κ3) is 5.62. The van der Waals surface area contributed by atoms with Gasteiger partial charge in [-0.05, 0) is 59.9 Å². The number of carbonyl (C=O) groups excluding carboxylic acids is 3. The van der Waals surface area contributed by atoms with E-state index in [-0.39, 0.29) is 37.4 Å². The van der Waals surface area contributed by atoms with Gasteiger partial charge in [0.2, 0.25) is 11.8 Å². The Morgan fingerprint density at radius 2 is 1.84 bits per heavy atom. The number of amides is 3. The van der Waals surface area contributed by atoms with Crippen molar-refractivity contribution in [1.82, 2.24) is 4.90 Å². The SMILES string of the molecule is COc1ccc2c(c1)[C@@](O)([C@H](C)/C=C/CC(=O)N1Cc3ccccc3C[C@H]1CO)C(=O)N2Cc1ccc(N2CCCC2=O)cc1. The summed E-state index contributed by atoms with van der Waals surface area (Å²) in [6.07, 6.45) is 5.50. The van der Waals surface area contributed by atoms with Crippen molar-refractivity contribution in [2.24, 2.45) is 5.92 Å². The number of methoxy groups -OCH3 is 1. The van der Waals surface area contributed by atoms with Crippen molar-refractivity contribution in [2.45, 2.75) is 57.3 Å². The van der Waals surface area contributed by atoms with Gasteiger partial charge in [-0.2, -0.15) is 0 Å². The first-order valence-corrected chi connectivity index (χ1v) is 15.5. The van der Waals surface area contributed by atoms with Gasteiger partial charge >= 0.3 is 0 Å². The van der Waals surface area contributed by atoms with Crippen LogP contribution in [0.2, 0.25) is 0 Å². The lowest BCUT2D eigenvalue weighted by Gasteiger charge is -2.36. The number of aliphatic hydroxyl groups excluding tert-OH is 1. The minimum atomic E-state index is -1.87. The molecule has 0 radical (unpaired) electrons. The summed E-state index contributed by atoms with van der Waals surface area (Å²) in [7, 11) is 1.54. The summed E-state index contributed by atoms with van der Waals surface area (Å²) < 4.78 is 5.44. The molecule has 0 unspecified atom stereocenters. The van der Waals surface area contributed by atoms with Crippen LogP contribution in [-0.2, 0) is 39.5 Å². The van der Waals surface area contributed by atoms with E-state index in [1.54, 1.807) is 52.0 Å². The number of benzene rings is 3. The Hall–Kier alpha value is -4.47. The molecule has 0 saturated carbocycles. The molecule has 2 N–H and O–H groups in total. The molecule has 0 aliphatic carbocycles. The van der Waals surface area contributed by atoms with Crippen molar-refractivity contribution in [2.75, 3.05) is 30.1 Å². The van der Waals surface area contributed by atoms with Crippen LogP contribution in [0.4, 0.5) is 11.4 Å². The summed E-state index contributed by atoms with van der Waals surface area (Å²) in [5.74, 6) is -0.606. The quantitative estimate of drug-likeness (QED) is 0.354. The maximum Gasteiger partial charge on any atom is 0.264 e. The number of carbonyl (C=O) groups is 3. The lowest BCUT2D eigenvalue weighted by molar-refractivity contribution is -0.139. The van der Waals surface area contributed by atoms with Crippen molar-refractivity contribution < 1.29 is 29.3 Å². The Kier molecular flexibility index (Phi) is 8.48. The highest BCUT2D eigenvalue weighted by atomic mass is 16.5. The predicted octanol–water partition coefficient (Wildman–Crippen LogP) is 4.08. The van der Waals surface area contributed by atoms with Gasteiger partial charge in [0.15, 0.2) is 5.60 Å². The van der Waals surface area contributed by atoms with E-state index in [1.807, 2.05) is 48.5 Å². The predicted molar refractivity (Wildman–Crippen MR) is 171 cm³/mol. The lowest BCUT2D eigenvalue weighted by Crippen LogP contribution is -2.46. The van der Waals surface area contributed by atoms with Crippen molar-refractivity contribution in [3.05, 3.63) is 101 Å². The third-order valence-electron chi connectivity index (χ3n) is 9.40. The molecule has 3 aromatic rings. The van der Waals surface area contributed by atoms with Gasteiger partial charge in [0, 0.05) is 43.1 Å². The maximum atomic E-state index is 14.0. The molecule has 45 heavy (non-hydrogen) atoms. The first-order valence-electron chi connectivity index (χ1n) is 15.5. The second-order valence-electron chi connectivity index (χ2n) is 12.1. The highest BCUT2D eigenvalue weighted by Gasteiger charge is 2.52. The van der Waals surface area contributed by atoms with Crippen molar-refractivity contribution in [3.63, 3.8) is 0 Å². The van der Waals surface area contributed by atoms with E-state index < -0.39 is 17.4 Å². The number of anilines is 2. The van der Waals surface area contributed by atoms with Crippen LogP contribution in [0.5, 0.6) is 5.75 Å². The van der Waals surface area contributed by atoms with Gasteiger partial charge in [0.1, 0.15) is 5.75 Å². The molecule has 9 nitrogen and oxygen atoms in total. The molecule has 0 bridgehead atoms. The molecule has 9 heteroatoms. The van der Waals surface area contributed by atoms with E-state index in [4.69, 9.17) is 4.74 Å². The second-order valence-corrected chi connectivity index (χ2v) is 12.1. The summed E-state index contributed by atoms with van der Waals surface area (Å²) in [5.41, 5.74) is 3.08. The van der Waals surface area contributed by atoms with Gasteiger partial charge in [0.05, 0.1) is 32.0 Å². The fraction of sp³-hybridized carbons (Fsp3) is 0.361. The standard InChI is InChI=1S/C36H39N3O6/c1-24(7-5-10-34(42)38-22-27-9-4-3-8-26(27)19-29(38)23-40)36(44)31-20-30(45-2)16-17-32(31)39(35(36)43)21-25-12-14-28(15-13-25)37-18-6-11-33(37)41/h3-5,7-9,12-17,20,24,29,40,44H,6,10-11,18-19,21-23H2,1-2H3/b7-5+/t24-,29+,36+/m1/s1. The minimum absolute atomic E-state index is 0.0772. The largest absolute Gasteiger partial charge is 0.497 e. The fourth-order valence-electron chi connectivity index (χ4n) is 6.77. The van der Waals surface area contributed by atoms with Gasteiger partial charge in [-0.3, -0.25) is 14.4 Å². The van der Waals surface area contributed by atoms with E-state index >= 15 is 0 Å². The van der Waals surface area contributed by atoms with Crippen molar-refractivity contribution in [1.29, 1.82) is 0 Å². The Morgan fingerprint density at radius 1 is 1.09 bits per heavy atom. The van der Waals surface area contributed by atoms with Crippen LogP contribution >= 0.6 is 0 Å². The normalized spacial score (nSPS) is 21.8. The van der Waals surface area contributed by atoms with Crippen LogP contribution in [0.25, 0.3) is 0 Å². The van der Waals surface area contributed by atoms with Crippen LogP contribution < -0.4 is 14.5 Å². The number of nitrogens with zero attached hydrogens (tertiary/aromatic N) is 3. The summed E-state index contributed by atoms with van der Waals surface area (Å²) >= 11 is 0. The number of hydrogen-bond donors (Lipinski definition) is 2. The average Bonchev–Trinajstić information content (AvgIpc) is 3.59. The Bertz CT molecular complexity index is 1640. The average molecular weight is 610 g/mol. The summed E-state index contributed by atoms with van der Waals surface area (Å²) in [6.45, 7) is 3.02. The molecule has 1 fully saturated rings. The molecule has 6 rings (SSSR count). The van der Waals surface area contributed by atoms with E-state index in [0.717, 1.165) is 28.8 Å². The Labute approximate surface area is 263 Å². The molecule has 234 valence electrons. The topological polar surface area (TPSA) is 111 Å². The first kappa shape index (κ1) is 30.6. The van der Waals surface area contributed by atoms with Crippen LogP contribution in [0.15, 0.2) is 78.9 Å². The molecule has 0 aromatic heterocycles. The molecular weight excluding hydrogens is 570 g/mol. The van der Waals surface area contributed by atoms with Crippen molar-refractivity contribution in [3.8, 4) is 5.75 Å². The van der Waals surface area contributed by atoms with Crippen molar-refractivity contribution >= 4 is 29.1 Å². The van der Waals surface area contributed by atoms with Crippen LogP contribution in [0.3, 0.4) is 0 Å². The number of ether oxygens (including phenoxy) is 1. The smallest absolute Gasteiger partial charge is 0.264 e. The minimum Gasteiger partial charge on any atom is -0.497 e. The molecular formula is C36H39N3O6. The fourth-order valence-corrected chi connectivity index (χ4v) is 6.77. The van der Waals surface area contributed by atoms with E-state index in [2.05, 4.69) is 0 Å². The van der Waals surface area contributed by atoms with Crippen LogP contribution in [0, 0.1) is 5.92 Å². The van der Waals surface area contributed by atoms with E-state index in [9.17, 15) is 24.6 Å². The summed E-state index contributed by atoms with van der Waals surface area (Å²) in [4.78, 5) is 44.5. The van der Waals surface area contributed by atoms with Gasteiger partial charge < -0.3 is 29.6 Å². The molecule has 1 saturated heterocycles. The molecule has 3 heterocycles. The van der Waals surface area contributed by atoms with Gasteiger partial charge in [-0.25, -0.2) is 0 Å². The molecule has 3 amide bonds. The van der Waals surface area contributed by atoms with Gasteiger partial charge in [-0.1, -0.05) is 55.5 Å². The molecule has 3 aliphatic rings. The highest BCUT2D eigenvalue weighted by Crippen LogP contribution is 2.47. The maximum absolute atomic E-state index is 14.0. The van der Waals surface area contributed by atoms with E-state index in [1.165, 1.54) is 7.11 Å². The molecule has 3 atom stereocenters. The Morgan fingerprint density at radius 3 is 2.53 bits per heavy atom. The summed E-state index contributed by atoms with van der Waals surface area (Å²) in [6, 6.07) is 20.5. The monoisotopic (exact) mass is 609 g/mol. The molecule has 3 aromatic carbocycles. The molecule has 3 aliphatic heterocycles. The third-order valence-corrected chi connectivity index (χ3v) is 9.40. The number of aliphatic hydroxyl groups is 2. The van der Waals surface area contributed by atoms with Crippen LogP contribution in [-0.4, -0.2) is 59.1 Å². The van der Waals surface area contributed by atoms with Crippen LogP contribution in [0.1, 0.15) is 48.4 Å². The zero-order valence-electron chi connectivity index (χ0n) is 25.7. The van der Waals surface area contributed by atoms with E-state index in [0.29, 0.717) is 42.9 Å². The number of rotatable bonds is 9. The number of hydrogen-bond acceptors (Lipinski definition) is 6.